The van der Waals surface area contributed by atoms with Crippen LogP contribution < -0.4 is 5.32 Å². The molecule has 0 amide bonds. The van der Waals surface area contributed by atoms with Crippen molar-refractivity contribution in [3.63, 3.8) is 0 Å². The van der Waals surface area contributed by atoms with Crippen LogP contribution in [0.2, 0.25) is 10.0 Å². The van der Waals surface area contributed by atoms with E-state index in [1.54, 1.807) is 13.1 Å². The molecule has 0 atom stereocenters. The number of hydrogen-bond acceptors (Lipinski definition) is 4. The van der Waals surface area contributed by atoms with Gasteiger partial charge in [-0.25, -0.2) is 8.42 Å². The van der Waals surface area contributed by atoms with E-state index in [-0.39, 0.29) is 9.92 Å². The molecule has 1 aromatic rings. The number of nitrogens with one attached hydrogen (secondary N) is 1. The number of nitrogens with zero attached hydrogens (tertiary/aromatic N) is 2. The molecular formula is C13H19Cl2N3O2S. The van der Waals surface area contributed by atoms with Gasteiger partial charge in [0.2, 0.25) is 10.0 Å². The Kier molecular flexibility index (Phi) is 5.51. The number of hydrogen-bond donors (Lipinski definition) is 1. The predicted octanol–water partition coefficient (Wildman–Crippen LogP) is 1.65. The van der Waals surface area contributed by atoms with Gasteiger partial charge >= 0.3 is 0 Å². The normalized spacial score (nSPS) is 18.1. The largest absolute Gasteiger partial charge is 0.316 e. The van der Waals surface area contributed by atoms with E-state index in [4.69, 9.17) is 23.2 Å². The van der Waals surface area contributed by atoms with E-state index in [1.807, 2.05) is 7.05 Å². The molecule has 0 spiro atoms. The molecule has 1 fully saturated rings. The number of benzene rings is 1. The van der Waals surface area contributed by atoms with E-state index in [0.29, 0.717) is 43.3 Å². The van der Waals surface area contributed by atoms with E-state index < -0.39 is 10.0 Å². The zero-order valence-electron chi connectivity index (χ0n) is 12.1. The molecule has 0 aromatic heterocycles. The first kappa shape index (κ1) is 17.0. The number of halogens is 2. The monoisotopic (exact) mass is 351 g/mol. The van der Waals surface area contributed by atoms with Gasteiger partial charge in [-0.3, -0.25) is 0 Å². The summed E-state index contributed by atoms with van der Waals surface area (Å²) in [6.45, 7) is 2.80. The standard InChI is InChI=1S/C13H19Cl2N3O2S/c1-16-9-10-7-11(14)8-12(13(10)15)21(19,20)18-5-3-17(2)4-6-18/h7-8,16H,3-6,9H2,1-2H3. The van der Waals surface area contributed by atoms with Crippen LogP contribution in [0.5, 0.6) is 0 Å². The third-order valence-electron chi connectivity index (χ3n) is 3.53. The van der Waals surface area contributed by atoms with Gasteiger partial charge in [0.25, 0.3) is 0 Å². The second-order valence-electron chi connectivity index (χ2n) is 5.11. The summed E-state index contributed by atoms with van der Waals surface area (Å²) in [5.41, 5.74) is 0.680. The summed E-state index contributed by atoms with van der Waals surface area (Å²) >= 11 is 12.3. The van der Waals surface area contributed by atoms with Crippen LogP contribution in [-0.2, 0) is 16.6 Å². The molecule has 8 heteroatoms. The third kappa shape index (κ3) is 3.70. The van der Waals surface area contributed by atoms with Crippen LogP contribution in [0.3, 0.4) is 0 Å². The summed E-state index contributed by atoms with van der Waals surface area (Å²) in [4.78, 5) is 2.18. The molecule has 1 heterocycles. The van der Waals surface area contributed by atoms with Crippen molar-refractivity contribution in [2.75, 3.05) is 40.3 Å². The van der Waals surface area contributed by atoms with Crippen molar-refractivity contribution in [2.24, 2.45) is 0 Å². The van der Waals surface area contributed by atoms with Crippen molar-refractivity contribution in [3.05, 3.63) is 27.7 Å². The van der Waals surface area contributed by atoms with E-state index in [2.05, 4.69) is 10.2 Å². The Morgan fingerprint density at radius 2 is 1.81 bits per heavy atom. The van der Waals surface area contributed by atoms with Gasteiger partial charge in [0.05, 0.1) is 5.02 Å². The van der Waals surface area contributed by atoms with Crippen molar-refractivity contribution in [1.82, 2.24) is 14.5 Å². The van der Waals surface area contributed by atoms with Crippen molar-refractivity contribution in [2.45, 2.75) is 11.4 Å². The quantitative estimate of drug-likeness (QED) is 0.895. The first-order chi connectivity index (χ1) is 9.86. The third-order valence-corrected chi connectivity index (χ3v) is 6.23. The second kappa shape index (κ2) is 6.81. The molecule has 0 saturated carbocycles. The van der Waals surface area contributed by atoms with Gasteiger partial charge in [-0.05, 0) is 31.8 Å². The molecule has 2 rings (SSSR count). The lowest BCUT2D eigenvalue weighted by Crippen LogP contribution is -2.47. The van der Waals surface area contributed by atoms with Gasteiger partial charge < -0.3 is 10.2 Å². The maximum atomic E-state index is 12.8. The molecule has 0 unspecified atom stereocenters. The van der Waals surface area contributed by atoms with Crippen molar-refractivity contribution in [3.8, 4) is 0 Å². The predicted molar refractivity (Wildman–Crippen MR) is 85.5 cm³/mol. The Hall–Kier alpha value is -0.370. The first-order valence-corrected chi connectivity index (χ1v) is 8.87. The number of piperazine rings is 1. The maximum Gasteiger partial charge on any atom is 0.244 e. The van der Waals surface area contributed by atoms with Crippen LogP contribution in [0.25, 0.3) is 0 Å². The topological polar surface area (TPSA) is 52.7 Å². The molecule has 0 aliphatic carbocycles. The summed E-state index contributed by atoms with van der Waals surface area (Å²) in [7, 11) is 0.126. The molecule has 1 saturated heterocycles. The minimum absolute atomic E-state index is 0.0893. The van der Waals surface area contributed by atoms with Crippen LogP contribution in [0.1, 0.15) is 5.56 Å². The van der Waals surface area contributed by atoms with Crippen LogP contribution in [0.4, 0.5) is 0 Å². The molecule has 1 aliphatic heterocycles. The Balaban J connectivity index is 2.40. The van der Waals surface area contributed by atoms with E-state index >= 15 is 0 Å². The fourth-order valence-electron chi connectivity index (χ4n) is 2.29. The van der Waals surface area contributed by atoms with Gasteiger partial charge in [-0.1, -0.05) is 23.2 Å². The van der Waals surface area contributed by atoms with E-state index in [9.17, 15) is 8.42 Å². The Morgan fingerprint density at radius 3 is 2.38 bits per heavy atom. The van der Waals surface area contributed by atoms with Gasteiger partial charge in [-0.15, -0.1) is 0 Å². The van der Waals surface area contributed by atoms with Gasteiger partial charge in [0.1, 0.15) is 4.90 Å². The van der Waals surface area contributed by atoms with Crippen LogP contribution >= 0.6 is 23.2 Å². The van der Waals surface area contributed by atoms with Crippen LogP contribution in [-0.4, -0.2) is 57.9 Å². The zero-order chi connectivity index (χ0) is 15.6. The summed E-state index contributed by atoms with van der Waals surface area (Å²) < 4.78 is 27.0. The number of likely N-dealkylation sites (N-methyl/N-ethyl adjacent to an activating group) is 1. The summed E-state index contributed by atoms with van der Waals surface area (Å²) in [6, 6.07) is 3.11. The molecular weight excluding hydrogens is 333 g/mol. The highest BCUT2D eigenvalue weighted by Crippen LogP contribution is 2.31. The molecule has 1 aliphatic rings. The highest BCUT2D eigenvalue weighted by molar-refractivity contribution is 7.89. The average Bonchev–Trinajstić information content (AvgIpc) is 2.43. The highest BCUT2D eigenvalue weighted by Gasteiger charge is 2.30. The maximum absolute atomic E-state index is 12.8. The van der Waals surface area contributed by atoms with Gasteiger partial charge in [-0.2, -0.15) is 4.31 Å². The highest BCUT2D eigenvalue weighted by atomic mass is 35.5. The summed E-state index contributed by atoms with van der Waals surface area (Å²) in [6.07, 6.45) is 0. The fraction of sp³-hybridized carbons (Fsp3) is 0.538. The second-order valence-corrected chi connectivity index (χ2v) is 7.84. The van der Waals surface area contributed by atoms with Crippen LogP contribution in [0.15, 0.2) is 17.0 Å². The van der Waals surface area contributed by atoms with Crippen molar-refractivity contribution in [1.29, 1.82) is 0 Å². The smallest absolute Gasteiger partial charge is 0.244 e. The summed E-state index contributed by atoms with van der Waals surface area (Å²) in [5.74, 6) is 0. The Morgan fingerprint density at radius 1 is 1.19 bits per heavy atom. The SMILES string of the molecule is CNCc1cc(Cl)cc(S(=O)(=O)N2CCN(C)CC2)c1Cl. The van der Waals surface area contributed by atoms with E-state index in [1.165, 1.54) is 10.4 Å². The average molecular weight is 352 g/mol. The number of rotatable bonds is 4. The lowest BCUT2D eigenvalue weighted by Gasteiger charge is -2.31. The minimum atomic E-state index is -3.62. The molecule has 0 bridgehead atoms. The first-order valence-electron chi connectivity index (χ1n) is 6.67. The molecule has 5 nitrogen and oxygen atoms in total. The zero-order valence-corrected chi connectivity index (χ0v) is 14.4. The molecule has 118 valence electrons. The summed E-state index contributed by atoms with van der Waals surface area (Å²) in [5, 5.41) is 3.57. The number of sulfonamides is 1. The molecule has 1 aromatic carbocycles. The van der Waals surface area contributed by atoms with Gasteiger partial charge in [0, 0.05) is 37.7 Å². The molecule has 21 heavy (non-hydrogen) atoms. The minimum Gasteiger partial charge on any atom is -0.316 e. The lowest BCUT2D eigenvalue weighted by atomic mass is 10.2. The molecule has 0 radical (unpaired) electrons. The van der Waals surface area contributed by atoms with Crippen molar-refractivity contribution < 1.29 is 8.42 Å². The van der Waals surface area contributed by atoms with Gasteiger partial charge in [0.15, 0.2) is 0 Å². The Bertz CT molecular complexity index is 614. The molecule has 1 N–H and O–H groups in total. The lowest BCUT2D eigenvalue weighted by molar-refractivity contribution is 0.222. The Labute approximate surface area is 135 Å². The van der Waals surface area contributed by atoms with Crippen molar-refractivity contribution >= 4 is 33.2 Å². The fourth-order valence-corrected chi connectivity index (χ4v) is 4.62. The van der Waals surface area contributed by atoms with E-state index in [0.717, 1.165) is 0 Å². The van der Waals surface area contributed by atoms with Crippen LogP contribution in [0, 0.1) is 0 Å².